The number of hydrogen-bond donors (Lipinski definition) is 0. The molecule has 0 aliphatic rings. The van der Waals surface area contributed by atoms with Crippen LogP contribution in [0.15, 0.2) is 71.7 Å². The lowest BCUT2D eigenvalue weighted by Crippen LogP contribution is -2.01. The van der Waals surface area contributed by atoms with Crippen LogP contribution in [-0.4, -0.2) is 34.0 Å². The minimum absolute atomic E-state index is 0.608. The molecule has 2 aromatic carbocycles. The van der Waals surface area contributed by atoms with E-state index >= 15 is 0 Å². The second-order valence-electron chi connectivity index (χ2n) is 6.57. The Morgan fingerprint density at radius 3 is 2.61 bits per heavy atom. The number of hydrogen-bond acceptors (Lipinski definition) is 7. The van der Waals surface area contributed by atoms with E-state index < -0.39 is 0 Å². The monoisotopic (exact) mass is 450 g/mol. The molecule has 0 radical (unpaired) electrons. The third-order valence-corrected chi connectivity index (χ3v) is 6.55. The number of aromatic nitrogens is 4. The van der Waals surface area contributed by atoms with E-state index in [2.05, 4.69) is 22.2 Å². The molecule has 158 valence electrons. The van der Waals surface area contributed by atoms with E-state index in [1.54, 1.807) is 37.3 Å². The number of allylic oxidation sites excluding steroid dienone is 1. The van der Waals surface area contributed by atoms with Crippen molar-refractivity contribution in [2.75, 3.05) is 14.2 Å². The first-order chi connectivity index (χ1) is 15.2. The van der Waals surface area contributed by atoms with Crippen molar-refractivity contribution in [2.45, 2.75) is 17.5 Å². The first-order valence-electron chi connectivity index (χ1n) is 9.62. The Labute approximate surface area is 189 Å². The van der Waals surface area contributed by atoms with E-state index in [1.807, 2.05) is 59.2 Å². The summed E-state index contributed by atoms with van der Waals surface area (Å²) >= 11 is 3.24. The maximum Gasteiger partial charge on any atom is 0.192 e. The largest absolute Gasteiger partial charge is 0.497 e. The van der Waals surface area contributed by atoms with E-state index in [9.17, 15) is 0 Å². The van der Waals surface area contributed by atoms with Gasteiger partial charge in [-0.2, -0.15) is 0 Å². The Bertz CT molecular complexity index is 1170. The highest BCUT2D eigenvalue weighted by Gasteiger charge is 2.17. The number of thiazole rings is 1. The maximum absolute atomic E-state index is 5.50. The molecule has 6 nitrogen and oxygen atoms in total. The fraction of sp³-hybridized carbons (Fsp3) is 0.174. The van der Waals surface area contributed by atoms with Crippen molar-refractivity contribution < 1.29 is 9.47 Å². The molecule has 2 heterocycles. The summed E-state index contributed by atoms with van der Waals surface area (Å²) in [5, 5.41) is 12.7. The van der Waals surface area contributed by atoms with Crippen molar-refractivity contribution in [3.05, 3.63) is 72.3 Å². The van der Waals surface area contributed by atoms with Gasteiger partial charge in [0.15, 0.2) is 11.0 Å². The molecule has 0 spiro atoms. The van der Waals surface area contributed by atoms with Crippen molar-refractivity contribution in [2.24, 2.45) is 0 Å². The fourth-order valence-corrected chi connectivity index (χ4v) is 4.87. The summed E-state index contributed by atoms with van der Waals surface area (Å²) in [7, 11) is 3.32. The zero-order chi connectivity index (χ0) is 21.6. The van der Waals surface area contributed by atoms with Crippen LogP contribution >= 0.6 is 23.1 Å². The normalized spacial score (nSPS) is 10.8. The zero-order valence-corrected chi connectivity index (χ0v) is 18.9. The van der Waals surface area contributed by atoms with Gasteiger partial charge in [-0.3, -0.25) is 4.57 Å². The average molecular weight is 451 g/mol. The third kappa shape index (κ3) is 4.65. The molecule has 8 heteroatoms. The van der Waals surface area contributed by atoms with E-state index in [4.69, 9.17) is 14.5 Å². The van der Waals surface area contributed by atoms with E-state index in [0.29, 0.717) is 12.3 Å². The summed E-state index contributed by atoms with van der Waals surface area (Å²) in [6.45, 7) is 4.49. The molecule has 31 heavy (non-hydrogen) atoms. The lowest BCUT2D eigenvalue weighted by Gasteiger charge is -2.10. The van der Waals surface area contributed by atoms with Gasteiger partial charge in [0, 0.05) is 23.2 Å². The Morgan fingerprint density at radius 1 is 1.06 bits per heavy atom. The second-order valence-corrected chi connectivity index (χ2v) is 8.37. The summed E-state index contributed by atoms with van der Waals surface area (Å²) < 4.78 is 12.8. The summed E-state index contributed by atoms with van der Waals surface area (Å²) in [5.41, 5.74) is 2.99. The average Bonchev–Trinajstić information content (AvgIpc) is 3.45. The van der Waals surface area contributed by atoms with Crippen LogP contribution in [-0.2, 0) is 12.3 Å². The quantitative estimate of drug-likeness (QED) is 0.246. The number of rotatable bonds is 9. The van der Waals surface area contributed by atoms with Crippen LogP contribution in [0.1, 0.15) is 5.69 Å². The van der Waals surface area contributed by atoms with Crippen molar-refractivity contribution in [1.82, 2.24) is 19.7 Å². The van der Waals surface area contributed by atoms with Gasteiger partial charge in [0.25, 0.3) is 0 Å². The number of nitrogens with zero attached hydrogens (tertiary/aromatic N) is 4. The van der Waals surface area contributed by atoms with Crippen LogP contribution in [0.3, 0.4) is 0 Å². The van der Waals surface area contributed by atoms with Crippen LogP contribution in [0.5, 0.6) is 11.5 Å². The van der Waals surface area contributed by atoms with Crippen LogP contribution in [0.4, 0.5) is 0 Å². The van der Waals surface area contributed by atoms with Crippen molar-refractivity contribution in [3.8, 4) is 33.5 Å². The Hall–Kier alpha value is -3.10. The molecule has 0 unspecified atom stereocenters. The number of para-hydroxylation sites is 1. The van der Waals surface area contributed by atoms with Crippen LogP contribution in [0.2, 0.25) is 0 Å². The molecular weight excluding hydrogens is 428 g/mol. The molecule has 0 fully saturated rings. The molecular formula is C23H22N4O2S2. The lowest BCUT2D eigenvalue weighted by molar-refractivity contribution is 0.415. The Balaban J connectivity index is 1.53. The van der Waals surface area contributed by atoms with Gasteiger partial charge in [-0.05, 0) is 36.4 Å². The van der Waals surface area contributed by atoms with Gasteiger partial charge >= 0.3 is 0 Å². The standard InChI is InChI=1S/C23H22N4O2S2/c1-4-13-27-21(19-7-5-6-8-20(19)29-3)25-26-23(27)31-15-17-14-30-22(24-17)16-9-11-18(28-2)12-10-16/h4-12,14H,1,13,15H2,2-3H3. The minimum atomic E-state index is 0.608. The first kappa shape index (κ1) is 21.1. The zero-order valence-electron chi connectivity index (χ0n) is 17.3. The SMILES string of the molecule is C=CCn1c(SCc2csc(-c3ccc(OC)cc3)n2)nnc1-c1ccccc1OC. The second kappa shape index (κ2) is 9.80. The highest BCUT2D eigenvalue weighted by atomic mass is 32.2. The first-order valence-corrected chi connectivity index (χ1v) is 11.5. The van der Waals surface area contributed by atoms with Crippen LogP contribution < -0.4 is 9.47 Å². The lowest BCUT2D eigenvalue weighted by atomic mass is 10.2. The van der Waals surface area contributed by atoms with Crippen molar-refractivity contribution in [1.29, 1.82) is 0 Å². The molecule has 0 amide bonds. The minimum Gasteiger partial charge on any atom is -0.497 e. The summed E-state index contributed by atoms with van der Waals surface area (Å²) in [6, 6.07) is 15.8. The molecule has 0 aliphatic carbocycles. The predicted molar refractivity (Wildman–Crippen MR) is 126 cm³/mol. The van der Waals surface area contributed by atoms with E-state index in [-0.39, 0.29) is 0 Å². The van der Waals surface area contributed by atoms with Gasteiger partial charge in [-0.1, -0.05) is 30.0 Å². The van der Waals surface area contributed by atoms with E-state index in [1.165, 1.54) is 0 Å². The fourth-order valence-electron chi connectivity index (χ4n) is 3.10. The number of thioether (sulfide) groups is 1. The molecule has 0 bridgehead atoms. The van der Waals surface area contributed by atoms with Gasteiger partial charge in [0.2, 0.25) is 0 Å². The molecule has 2 aromatic heterocycles. The number of ether oxygens (including phenoxy) is 2. The third-order valence-electron chi connectivity index (χ3n) is 4.61. The molecule has 0 saturated carbocycles. The highest BCUT2D eigenvalue weighted by molar-refractivity contribution is 7.98. The van der Waals surface area contributed by atoms with E-state index in [0.717, 1.165) is 44.3 Å². The van der Waals surface area contributed by atoms with Gasteiger partial charge in [-0.25, -0.2) is 4.98 Å². The van der Waals surface area contributed by atoms with Gasteiger partial charge in [0.05, 0.1) is 25.5 Å². The maximum atomic E-state index is 5.50. The van der Waals surface area contributed by atoms with Crippen LogP contribution in [0, 0.1) is 0 Å². The smallest absolute Gasteiger partial charge is 0.192 e. The summed E-state index contributed by atoms with van der Waals surface area (Å²) in [6.07, 6.45) is 1.84. The molecule has 4 aromatic rings. The summed E-state index contributed by atoms with van der Waals surface area (Å²) in [4.78, 5) is 4.78. The van der Waals surface area contributed by atoms with Gasteiger partial charge in [-0.15, -0.1) is 28.1 Å². The predicted octanol–water partition coefficient (Wildman–Crippen LogP) is 5.56. The van der Waals surface area contributed by atoms with Crippen molar-refractivity contribution >= 4 is 23.1 Å². The topological polar surface area (TPSA) is 62.1 Å². The van der Waals surface area contributed by atoms with Gasteiger partial charge in [0.1, 0.15) is 16.5 Å². The van der Waals surface area contributed by atoms with Crippen LogP contribution in [0.25, 0.3) is 22.0 Å². The molecule has 0 aliphatic heterocycles. The molecule has 4 rings (SSSR count). The Morgan fingerprint density at radius 2 is 1.87 bits per heavy atom. The molecule has 0 atom stereocenters. The van der Waals surface area contributed by atoms with Gasteiger partial charge < -0.3 is 9.47 Å². The Kier molecular flexibility index (Phi) is 6.69. The number of methoxy groups -OCH3 is 2. The number of benzene rings is 2. The summed E-state index contributed by atoms with van der Waals surface area (Å²) in [5.74, 6) is 3.06. The molecule has 0 saturated heterocycles. The van der Waals surface area contributed by atoms with Crippen molar-refractivity contribution in [3.63, 3.8) is 0 Å². The molecule has 0 N–H and O–H groups in total. The highest BCUT2D eigenvalue weighted by Crippen LogP contribution is 2.33.